The van der Waals surface area contributed by atoms with Gasteiger partial charge in [-0.05, 0) is 19.6 Å². The minimum absolute atomic E-state index is 0.151. The Labute approximate surface area is 151 Å². The first-order valence-electron chi connectivity index (χ1n) is 8.39. The van der Waals surface area contributed by atoms with Crippen LogP contribution in [-0.4, -0.2) is 55.7 Å². The van der Waals surface area contributed by atoms with Crippen LogP contribution in [0.2, 0.25) is 0 Å². The third-order valence-electron chi connectivity index (χ3n) is 3.22. The highest BCUT2D eigenvalue weighted by Gasteiger charge is 2.11. The number of carbonyl (C=O) groups is 1. The van der Waals surface area contributed by atoms with Crippen LogP contribution in [0.25, 0.3) is 0 Å². The van der Waals surface area contributed by atoms with E-state index in [0.29, 0.717) is 19.0 Å². The normalized spacial score (nSPS) is 15.2. The van der Waals surface area contributed by atoms with E-state index in [1.807, 2.05) is 27.7 Å². The molecular weight excluding hydrogens is 328 g/mol. The number of amidine groups is 1. The maximum Gasteiger partial charge on any atom is 0.219 e. The monoisotopic (exact) mass is 360 g/mol. The molecule has 0 aromatic carbocycles. The molecular formula is C17H33ClN4O2. The van der Waals surface area contributed by atoms with E-state index in [2.05, 4.69) is 16.7 Å². The highest BCUT2D eigenvalue weighted by molar-refractivity contribution is 6.18. The lowest BCUT2D eigenvalue weighted by Crippen LogP contribution is -2.39. The largest absolute Gasteiger partial charge is 0.384 e. The number of aliphatic imine (C=N–C) groups is 2. The first kappa shape index (κ1) is 24.8. The minimum atomic E-state index is 0.151. The lowest BCUT2D eigenvalue weighted by Gasteiger charge is -2.25. The van der Waals surface area contributed by atoms with Crippen molar-refractivity contribution in [3.05, 3.63) is 11.3 Å². The molecule has 0 atom stereocenters. The topological polar surface area (TPSA) is 80.3 Å². The van der Waals surface area contributed by atoms with Gasteiger partial charge in [0.1, 0.15) is 11.8 Å². The molecule has 24 heavy (non-hydrogen) atoms. The quantitative estimate of drug-likeness (QED) is 0.354. The van der Waals surface area contributed by atoms with Crippen LogP contribution in [0.4, 0.5) is 0 Å². The zero-order valence-corrected chi connectivity index (χ0v) is 16.5. The molecule has 6 nitrogen and oxygen atoms in total. The van der Waals surface area contributed by atoms with Crippen molar-refractivity contribution >= 4 is 30.1 Å². The maximum atomic E-state index is 10.7. The third kappa shape index (κ3) is 10.4. The first-order valence-corrected chi connectivity index (χ1v) is 8.93. The summed E-state index contributed by atoms with van der Waals surface area (Å²) in [4.78, 5) is 20.3. The van der Waals surface area contributed by atoms with E-state index in [-0.39, 0.29) is 11.9 Å². The van der Waals surface area contributed by atoms with Crippen molar-refractivity contribution in [2.24, 2.45) is 15.7 Å². The lowest BCUT2D eigenvalue weighted by atomic mass is 10.1. The van der Waals surface area contributed by atoms with E-state index in [0.717, 1.165) is 37.2 Å². The highest BCUT2D eigenvalue weighted by atomic mass is 35.5. The Bertz CT molecular complexity index is 417. The second-order valence-corrected chi connectivity index (χ2v) is 4.81. The summed E-state index contributed by atoms with van der Waals surface area (Å²) < 4.78 is 5.06. The molecule has 1 amide bonds. The number of nitrogens with two attached hydrogens (primary N) is 1. The molecule has 140 valence electrons. The predicted octanol–water partition coefficient (Wildman–Crippen LogP) is 3.21. The minimum Gasteiger partial charge on any atom is -0.384 e. The summed E-state index contributed by atoms with van der Waals surface area (Å²) in [6.45, 7) is 16.0. The number of ether oxygens (including phenoxy) is 1. The summed E-state index contributed by atoms with van der Waals surface area (Å²) in [6, 6.07) is 0.184. The van der Waals surface area contributed by atoms with E-state index in [4.69, 9.17) is 22.1 Å². The van der Waals surface area contributed by atoms with Gasteiger partial charge in [-0.25, -0.2) is 0 Å². The van der Waals surface area contributed by atoms with Crippen LogP contribution in [0.5, 0.6) is 0 Å². The van der Waals surface area contributed by atoms with Crippen LogP contribution >= 0.6 is 11.6 Å². The molecule has 2 N–H and O–H groups in total. The van der Waals surface area contributed by atoms with Crippen molar-refractivity contribution in [3.63, 3.8) is 0 Å². The van der Waals surface area contributed by atoms with E-state index in [1.165, 1.54) is 0 Å². The molecule has 0 spiro atoms. The predicted molar refractivity (Wildman–Crippen MR) is 104 cm³/mol. The molecule has 0 radical (unpaired) electrons. The summed E-state index contributed by atoms with van der Waals surface area (Å²) in [5.41, 5.74) is 7.55. The van der Waals surface area contributed by atoms with Gasteiger partial charge in [-0.15, -0.1) is 11.6 Å². The molecule has 0 unspecified atom stereocenters. The Morgan fingerprint density at radius 3 is 2.08 bits per heavy atom. The van der Waals surface area contributed by atoms with Gasteiger partial charge in [-0.1, -0.05) is 27.7 Å². The van der Waals surface area contributed by atoms with Gasteiger partial charge in [0.2, 0.25) is 5.91 Å². The molecule has 1 rings (SSSR count). The van der Waals surface area contributed by atoms with Gasteiger partial charge >= 0.3 is 0 Å². The number of allylic oxidation sites excluding steroid dienone is 1. The second-order valence-electron chi connectivity index (χ2n) is 4.57. The molecule has 1 aliphatic heterocycles. The van der Waals surface area contributed by atoms with Gasteiger partial charge in [-0.3, -0.25) is 14.8 Å². The molecule has 0 saturated carbocycles. The first-order chi connectivity index (χ1) is 11.5. The molecule has 1 fully saturated rings. The van der Waals surface area contributed by atoms with Gasteiger partial charge < -0.3 is 15.4 Å². The molecule has 0 aromatic heterocycles. The van der Waals surface area contributed by atoms with Crippen molar-refractivity contribution in [1.82, 2.24) is 4.90 Å². The van der Waals surface area contributed by atoms with Crippen LogP contribution in [0.1, 0.15) is 47.5 Å². The third-order valence-corrected chi connectivity index (χ3v) is 3.34. The van der Waals surface area contributed by atoms with E-state index >= 15 is 0 Å². The van der Waals surface area contributed by atoms with E-state index in [1.54, 1.807) is 11.8 Å². The van der Waals surface area contributed by atoms with Gasteiger partial charge in [0.25, 0.3) is 0 Å². The highest BCUT2D eigenvalue weighted by Crippen LogP contribution is 2.13. The van der Waals surface area contributed by atoms with Crippen molar-refractivity contribution in [2.45, 2.75) is 47.5 Å². The fourth-order valence-electron chi connectivity index (χ4n) is 1.99. The standard InChI is InChI=1S/C9H16ClN3.C6H11NO2.C2H6/c1-4-7(8(5-2)12-3)9(11)13-6-10;1-6(8)7-2-4-9-5-3-7;1-2/h3-6H2,1-2H3,(H2,11,13);2-5H2,1H3;1-2H3/b8-7-;;. The Balaban J connectivity index is 0. The van der Waals surface area contributed by atoms with Crippen LogP contribution in [0, 0.1) is 0 Å². The van der Waals surface area contributed by atoms with Crippen molar-refractivity contribution in [3.8, 4) is 0 Å². The van der Waals surface area contributed by atoms with E-state index in [9.17, 15) is 4.79 Å². The Hall–Kier alpha value is -1.40. The summed E-state index contributed by atoms with van der Waals surface area (Å²) in [7, 11) is 0. The van der Waals surface area contributed by atoms with Crippen molar-refractivity contribution < 1.29 is 9.53 Å². The zero-order chi connectivity index (χ0) is 19.0. The number of nitrogens with zero attached hydrogens (tertiary/aromatic N) is 3. The van der Waals surface area contributed by atoms with Crippen LogP contribution in [0.3, 0.4) is 0 Å². The number of amides is 1. The fourth-order valence-corrected chi connectivity index (χ4v) is 2.12. The summed E-state index contributed by atoms with van der Waals surface area (Å²) in [6.07, 6.45) is 1.61. The summed E-state index contributed by atoms with van der Waals surface area (Å²) >= 11 is 5.45. The molecule has 7 heteroatoms. The van der Waals surface area contributed by atoms with Gasteiger partial charge in [0.15, 0.2) is 0 Å². The number of morpholine rings is 1. The van der Waals surface area contributed by atoms with Crippen LogP contribution in [-0.2, 0) is 9.53 Å². The van der Waals surface area contributed by atoms with Gasteiger partial charge in [0.05, 0.1) is 13.2 Å². The molecule has 0 aromatic rings. The fraction of sp³-hybridized carbons (Fsp3) is 0.706. The summed E-state index contributed by atoms with van der Waals surface area (Å²) in [5.74, 6) is 0.625. The number of hydrogen-bond acceptors (Lipinski definition) is 4. The Morgan fingerprint density at radius 1 is 1.25 bits per heavy atom. The van der Waals surface area contributed by atoms with Crippen LogP contribution < -0.4 is 5.73 Å². The number of alkyl halides is 1. The van der Waals surface area contributed by atoms with E-state index < -0.39 is 0 Å². The molecule has 1 heterocycles. The van der Waals surface area contributed by atoms with Crippen molar-refractivity contribution in [1.29, 1.82) is 0 Å². The van der Waals surface area contributed by atoms with Crippen molar-refractivity contribution in [2.75, 3.05) is 32.3 Å². The van der Waals surface area contributed by atoms with Gasteiger partial charge in [0, 0.05) is 31.3 Å². The Morgan fingerprint density at radius 2 is 1.79 bits per heavy atom. The molecule has 0 aliphatic carbocycles. The lowest BCUT2D eigenvalue weighted by molar-refractivity contribution is -0.132. The van der Waals surface area contributed by atoms with Crippen LogP contribution in [0.15, 0.2) is 21.3 Å². The molecule has 1 aliphatic rings. The average molecular weight is 361 g/mol. The summed E-state index contributed by atoms with van der Waals surface area (Å²) in [5, 5.41) is 0. The number of halogens is 1. The molecule has 1 saturated heterocycles. The SMILES string of the molecule is C=N/C(CC)=C(CC)\C(N)=N/CCl.CC.CC(=O)N1CCOCC1. The average Bonchev–Trinajstić information content (AvgIpc) is 2.62. The number of carbonyl (C=O) groups excluding carboxylic acids is 1. The smallest absolute Gasteiger partial charge is 0.219 e. The zero-order valence-electron chi connectivity index (χ0n) is 15.8. The number of hydrogen-bond donors (Lipinski definition) is 1. The Kier molecular flexibility index (Phi) is 17.0. The molecule has 0 bridgehead atoms. The number of rotatable bonds is 5. The van der Waals surface area contributed by atoms with Gasteiger partial charge in [-0.2, -0.15) is 0 Å². The second kappa shape index (κ2) is 16.5. The maximum absolute atomic E-state index is 10.7.